The van der Waals surface area contributed by atoms with Crippen molar-refractivity contribution in [3.63, 3.8) is 0 Å². The van der Waals surface area contributed by atoms with Gasteiger partial charge in [-0.1, -0.05) is 30.3 Å². The predicted molar refractivity (Wildman–Crippen MR) is 114 cm³/mol. The van der Waals surface area contributed by atoms with Gasteiger partial charge in [-0.3, -0.25) is 4.99 Å². The molecular weight excluding hydrogens is 374 g/mol. The first kappa shape index (κ1) is 21.8. The van der Waals surface area contributed by atoms with Crippen LogP contribution in [0.4, 0.5) is 0 Å². The lowest BCUT2D eigenvalue weighted by molar-refractivity contribution is 0.321. The Morgan fingerprint density at radius 1 is 1.11 bits per heavy atom. The number of aryl methyl sites for hydroxylation is 1. The van der Waals surface area contributed by atoms with Gasteiger partial charge >= 0.3 is 0 Å². The molecule has 1 unspecified atom stereocenters. The van der Waals surface area contributed by atoms with E-state index in [1.54, 1.807) is 31.3 Å². The van der Waals surface area contributed by atoms with Crippen molar-refractivity contribution in [3.8, 4) is 5.75 Å². The zero-order valence-electron chi connectivity index (χ0n) is 16.7. The smallest absolute Gasteiger partial charge is 0.191 e. The molecular formula is C21H29N3O3S. The number of ether oxygens (including phenoxy) is 1. The standard InChI is InChI=1S/C21H29N3O3S/c1-17(9-10-18-7-5-4-6-8-18)24-21(22-2)23-15-16-27-19-11-13-20(14-12-19)28(3,25)26/h4-8,11-14,17H,9-10,15-16H2,1-3H3,(H2,22,23,24). The first-order valence-corrected chi connectivity index (χ1v) is 11.2. The van der Waals surface area contributed by atoms with E-state index in [4.69, 9.17) is 4.74 Å². The topological polar surface area (TPSA) is 79.8 Å². The average Bonchev–Trinajstić information content (AvgIpc) is 2.69. The third-order valence-corrected chi connectivity index (χ3v) is 5.36. The molecule has 0 saturated carbocycles. The van der Waals surface area contributed by atoms with Gasteiger partial charge in [0.2, 0.25) is 0 Å². The van der Waals surface area contributed by atoms with E-state index >= 15 is 0 Å². The van der Waals surface area contributed by atoms with Gasteiger partial charge in [0.1, 0.15) is 12.4 Å². The molecule has 1 atom stereocenters. The normalized spacial score (nSPS) is 13.0. The molecule has 0 aromatic heterocycles. The van der Waals surface area contributed by atoms with Gasteiger partial charge in [0.25, 0.3) is 0 Å². The molecule has 0 radical (unpaired) electrons. The summed E-state index contributed by atoms with van der Waals surface area (Å²) in [5, 5.41) is 6.60. The van der Waals surface area contributed by atoms with Gasteiger partial charge in [-0.2, -0.15) is 0 Å². The van der Waals surface area contributed by atoms with E-state index < -0.39 is 9.84 Å². The van der Waals surface area contributed by atoms with Crippen molar-refractivity contribution in [2.75, 3.05) is 26.5 Å². The monoisotopic (exact) mass is 403 g/mol. The summed E-state index contributed by atoms with van der Waals surface area (Å²) in [6, 6.07) is 17.1. The van der Waals surface area contributed by atoms with Crippen molar-refractivity contribution in [2.24, 2.45) is 4.99 Å². The van der Waals surface area contributed by atoms with E-state index in [0.717, 1.165) is 18.8 Å². The van der Waals surface area contributed by atoms with Crippen LogP contribution in [0.1, 0.15) is 18.9 Å². The lowest BCUT2D eigenvalue weighted by Gasteiger charge is -2.18. The number of nitrogens with one attached hydrogen (secondary N) is 2. The van der Waals surface area contributed by atoms with Crippen LogP contribution in [0.3, 0.4) is 0 Å². The molecule has 2 rings (SSSR count). The number of hydrogen-bond donors (Lipinski definition) is 2. The van der Waals surface area contributed by atoms with Gasteiger partial charge in [-0.05, 0) is 49.6 Å². The summed E-state index contributed by atoms with van der Waals surface area (Å²) in [6.07, 6.45) is 3.21. The first-order chi connectivity index (χ1) is 13.4. The van der Waals surface area contributed by atoms with Crippen LogP contribution in [-0.2, 0) is 16.3 Å². The molecule has 2 aromatic carbocycles. The predicted octanol–water partition coefficient (Wildman–Crippen LogP) is 2.66. The Hall–Kier alpha value is -2.54. The summed E-state index contributed by atoms with van der Waals surface area (Å²) < 4.78 is 28.6. The minimum atomic E-state index is -3.19. The Balaban J connectivity index is 1.69. The summed E-state index contributed by atoms with van der Waals surface area (Å²) in [5.41, 5.74) is 1.33. The third kappa shape index (κ3) is 7.60. The second kappa shape index (κ2) is 10.7. The van der Waals surface area contributed by atoms with Crippen LogP contribution in [-0.4, -0.2) is 46.9 Å². The highest BCUT2D eigenvalue weighted by atomic mass is 32.2. The highest BCUT2D eigenvalue weighted by molar-refractivity contribution is 7.90. The van der Waals surface area contributed by atoms with E-state index in [1.807, 2.05) is 6.07 Å². The molecule has 2 N–H and O–H groups in total. The van der Waals surface area contributed by atoms with Crippen LogP contribution >= 0.6 is 0 Å². The number of sulfone groups is 1. The highest BCUT2D eigenvalue weighted by Gasteiger charge is 2.07. The molecule has 7 heteroatoms. The highest BCUT2D eigenvalue weighted by Crippen LogP contribution is 2.15. The van der Waals surface area contributed by atoms with Crippen LogP contribution in [0, 0.1) is 0 Å². The Labute approximate surface area is 168 Å². The molecule has 28 heavy (non-hydrogen) atoms. The third-order valence-electron chi connectivity index (χ3n) is 4.23. The molecule has 0 amide bonds. The molecule has 0 aliphatic heterocycles. The average molecular weight is 404 g/mol. The van der Waals surface area contributed by atoms with E-state index in [-0.39, 0.29) is 10.9 Å². The molecule has 2 aromatic rings. The van der Waals surface area contributed by atoms with Crippen molar-refractivity contribution in [1.82, 2.24) is 10.6 Å². The van der Waals surface area contributed by atoms with E-state index in [9.17, 15) is 8.42 Å². The summed E-state index contributed by atoms with van der Waals surface area (Å²) in [6.45, 7) is 3.16. The minimum absolute atomic E-state index is 0.284. The molecule has 0 heterocycles. The van der Waals surface area contributed by atoms with Gasteiger partial charge in [0.05, 0.1) is 11.4 Å². The molecule has 0 spiro atoms. The Morgan fingerprint density at radius 3 is 2.39 bits per heavy atom. The fourth-order valence-corrected chi connectivity index (χ4v) is 3.28. The van der Waals surface area contributed by atoms with Crippen LogP contribution in [0.5, 0.6) is 5.75 Å². The maximum absolute atomic E-state index is 11.5. The molecule has 0 aliphatic rings. The second-order valence-corrected chi connectivity index (χ2v) is 8.68. The Morgan fingerprint density at radius 2 is 1.79 bits per heavy atom. The molecule has 0 fully saturated rings. The number of guanidine groups is 1. The fourth-order valence-electron chi connectivity index (χ4n) is 2.65. The van der Waals surface area contributed by atoms with Crippen molar-refractivity contribution < 1.29 is 13.2 Å². The molecule has 0 aliphatic carbocycles. The van der Waals surface area contributed by atoms with Crippen molar-refractivity contribution >= 4 is 15.8 Å². The van der Waals surface area contributed by atoms with E-state index in [2.05, 4.69) is 46.8 Å². The Bertz CT molecular complexity index is 850. The lowest BCUT2D eigenvalue weighted by Crippen LogP contribution is -2.43. The summed E-state index contributed by atoms with van der Waals surface area (Å²) in [5.74, 6) is 1.37. The number of aliphatic imine (C=N–C) groups is 1. The number of benzene rings is 2. The zero-order valence-corrected chi connectivity index (χ0v) is 17.5. The molecule has 6 nitrogen and oxygen atoms in total. The summed E-state index contributed by atoms with van der Waals surface area (Å²) in [7, 11) is -1.45. The van der Waals surface area contributed by atoms with Gasteiger partial charge in [0.15, 0.2) is 15.8 Å². The zero-order chi connectivity index (χ0) is 20.4. The van der Waals surface area contributed by atoms with Gasteiger partial charge in [-0.15, -0.1) is 0 Å². The van der Waals surface area contributed by atoms with Gasteiger partial charge < -0.3 is 15.4 Å². The van der Waals surface area contributed by atoms with Crippen LogP contribution in [0.25, 0.3) is 0 Å². The largest absolute Gasteiger partial charge is 0.492 e. The molecule has 0 saturated heterocycles. The second-order valence-electron chi connectivity index (χ2n) is 6.66. The number of hydrogen-bond acceptors (Lipinski definition) is 4. The van der Waals surface area contributed by atoms with Crippen molar-refractivity contribution in [1.29, 1.82) is 0 Å². The summed E-state index contributed by atoms with van der Waals surface area (Å²) >= 11 is 0. The first-order valence-electron chi connectivity index (χ1n) is 9.32. The minimum Gasteiger partial charge on any atom is -0.492 e. The maximum Gasteiger partial charge on any atom is 0.191 e. The van der Waals surface area contributed by atoms with E-state index in [0.29, 0.717) is 18.9 Å². The Kier molecular flexibility index (Phi) is 8.32. The van der Waals surface area contributed by atoms with E-state index in [1.165, 1.54) is 11.8 Å². The fraction of sp³-hybridized carbons (Fsp3) is 0.381. The summed E-state index contributed by atoms with van der Waals surface area (Å²) in [4.78, 5) is 4.52. The SMILES string of the molecule is CN=C(NCCOc1ccc(S(C)(=O)=O)cc1)NC(C)CCc1ccccc1. The van der Waals surface area contributed by atoms with Crippen molar-refractivity contribution in [2.45, 2.75) is 30.7 Å². The van der Waals surface area contributed by atoms with Crippen LogP contribution in [0.15, 0.2) is 64.5 Å². The van der Waals surface area contributed by atoms with Crippen molar-refractivity contribution in [3.05, 3.63) is 60.2 Å². The van der Waals surface area contributed by atoms with Gasteiger partial charge in [-0.25, -0.2) is 8.42 Å². The molecule has 0 bridgehead atoms. The van der Waals surface area contributed by atoms with Crippen LogP contribution in [0.2, 0.25) is 0 Å². The maximum atomic E-state index is 11.5. The molecule has 152 valence electrons. The number of nitrogens with zero attached hydrogens (tertiary/aromatic N) is 1. The quantitative estimate of drug-likeness (QED) is 0.382. The number of rotatable bonds is 9. The lowest BCUT2D eigenvalue weighted by atomic mass is 10.1. The van der Waals surface area contributed by atoms with Gasteiger partial charge in [0, 0.05) is 19.3 Å². The van der Waals surface area contributed by atoms with Crippen LogP contribution < -0.4 is 15.4 Å².